The second-order valence-electron chi connectivity index (χ2n) is 6.04. The highest BCUT2D eigenvalue weighted by molar-refractivity contribution is 7.89. The van der Waals surface area contributed by atoms with E-state index in [2.05, 4.69) is 10.1 Å². The van der Waals surface area contributed by atoms with Crippen molar-refractivity contribution < 1.29 is 26.3 Å². The fourth-order valence-electron chi connectivity index (χ4n) is 2.74. The molecule has 0 amide bonds. The van der Waals surface area contributed by atoms with Gasteiger partial charge in [-0.05, 0) is 19.9 Å². The molecule has 2 aromatic rings. The number of sulfonamides is 1. The van der Waals surface area contributed by atoms with Gasteiger partial charge in [-0.3, -0.25) is 4.68 Å². The minimum absolute atomic E-state index is 0.0357. The number of pyridine rings is 1. The van der Waals surface area contributed by atoms with Crippen molar-refractivity contribution in [2.24, 2.45) is 7.05 Å². The molecule has 26 heavy (non-hydrogen) atoms. The lowest BCUT2D eigenvalue weighted by atomic mass is 10.2. The van der Waals surface area contributed by atoms with Crippen LogP contribution in [0.4, 0.5) is 13.2 Å². The van der Waals surface area contributed by atoms with Crippen LogP contribution in [0.2, 0.25) is 0 Å². The van der Waals surface area contributed by atoms with Gasteiger partial charge in [0, 0.05) is 13.1 Å². The maximum atomic E-state index is 12.7. The summed E-state index contributed by atoms with van der Waals surface area (Å²) in [6.07, 6.45) is -5.12. The van der Waals surface area contributed by atoms with Gasteiger partial charge in [-0.1, -0.05) is 6.07 Å². The van der Waals surface area contributed by atoms with E-state index in [1.807, 2.05) is 0 Å². The highest BCUT2D eigenvalue weighted by Crippen LogP contribution is 2.30. The molecule has 0 atom stereocenters. The van der Waals surface area contributed by atoms with E-state index in [1.54, 1.807) is 20.9 Å². The molecule has 1 saturated heterocycles. The van der Waals surface area contributed by atoms with Gasteiger partial charge in [0.05, 0.1) is 24.5 Å². The largest absolute Gasteiger partial charge is 0.472 e. The van der Waals surface area contributed by atoms with Crippen molar-refractivity contribution >= 4 is 10.0 Å². The number of rotatable bonds is 4. The van der Waals surface area contributed by atoms with Crippen molar-refractivity contribution in [3.63, 3.8) is 0 Å². The summed E-state index contributed by atoms with van der Waals surface area (Å²) >= 11 is 0. The van der Waals surface area contributed by atoms with Crippen molar-refractivity contribution in [3.05, 3.63) is 35.3 Å². The Balaban J connectivity index is 1.70. The molecule has 7 nitrogen and oxygen atoms in total. The summed E-state index contributed by atoms with van der Waals surface area (Å²) < 4.78 is 71.5. The lowest BCUT2D eigenvalue weighted by molar-refractivity contribution is -0.141. The second-order valence-corrected chi connectivity index (χ2v) is 7.92. The van der Waals surface area contributed by atoms with Crippen LogP contribution in [0.5, 0.6) is 5.88 Å². The summed E-state index contributed by atoms with van der Waals surface area (Å²) in [6.45, 7) is 3.34. The van der Waals surface area contributed by atoms with Crippen LogP contribution in [0.25, 0.3) is 0 Å². The Hall–Kier alpha value is -2.14. The Morgan fingerprint density at radius 1 is 1.23 bits per heavy atom. The molecule has 1 aliphatic rings. The average molecular weight is 390 g/mol. The molecule has 3 rings (SSSR count). The Morgan fingerprint density at radius 2 is 1.88 bits per heavy atom. The molecule has 0 aliphatic carbocycles. The number of hydrogen-bond acceptors (Lipinski definition) is 5. The van der Waals surface area contributed by atoms with Gasteiger partial charge in [0.15, 0.2) is 0 Å². The number of hydrogen-bond donors (Lipinski definition) is 0. The van der Waals surface area contributed by atoms with Gasteiger partial charge in [0.1, 0.15) is 16.7 Å². The van der Waals surface area contributed by atoms with E-state index in [1.165, 1.54) is 21.1 Å². The first kappa shape index (κ1) is 18.6. The first-order valence-electron chi connectivity index (χ1n) is 7.71. The second kappa shape index (κ2) is 6.23. The molecule has 0 aromatic carbocycles. The van der Waals surface area contributed by atoms with E-state index in [0.29, 0.717) is 11.4 Å². The Labute approximate surface area is 148 Å². The van der Waals surface area contributed by atoms with Crippen LogP contribution in [-0.4, -0.2) is 46.7 Å². The van der Waals surface area contributed by atoms with Gasteiger partial charge in [-0.2, -0.15) is 22.6 Å². The minimum Gasteiger partial charge on any atom is -0.472 e. The average Bonchev–Trinajstić information content (AvgIpc) is 2.75. The molecule has 0 N–H and O–H groups in total. The molecule has 0 radical (unpaired) electrons. The van der Waals surface area contributed by atoms with Crippen LogP contribution < -0.4 is 4.74 Å². The predicted molar refractivity (Wildman–Crippen MR) is 85.1 cm³/mol. The minimum atomic E-state index is -4.57. The van der Waals surface area contributed by atoms with E-state index >= 15 is 0 Å². The molecule has 0 saturated carbocycles. The molecule has 142 valence electrons. The van der Waals surface area contributed by atoms with Crippen LogP contribution in [0.15, 0.2) is 23.1 Å². The lowest BCUT2D eigenvalue weighted by Gasteiger charge is -2.37. The molecular formula is C15H17F3N4O3S. The molecule has 3 heterocycles. The fourth-order valence-corrected chi connectivity index (χ4v) is 4.64. The van der Waals surface area contributed by atoms with Crippen LogP contribution in [0, 0.1) is 13.8 Å². The molecule has 1 fully saturated rings. The summed E-state index contributed by atoms with van der Waals surface area (Å²) in [7, 11) is -2.07. The molecule has 0 bridgehead atoms. The summed E-state index contributed by atoms with van der Waals surface area (Å²) in [5.74, 6) is -0.185. The number of halogens is 3. The Kier molecular flexibility index (Phi) is 4.47. The first-order valence-corrected chi connectivity index (χ1v) is 9.15. The highest BCUT2D eigenvalue weighted by atomic mass is 32.2. The van der Waals surface area contributed by atoms with Crippen molar-refractivity contribution in [2.75, 3.05) is 13.1 Å². The van der Waals surface area contributed by atoms with Gasteiger partial charge < -0.3 is 4.74 Å². The third kappa shape index (κ3) is 3.28. The quantitative estimate of drug-likeness (QED) is 0.797. The van der Waals surface area contributed by atoms with Crippen LogP contribution >= 0.6 is 0 Å². The van der Waals surface area contributed by atoms with Crippen molar-refractivity contribution in [2.45, 2.75) is 31.0 Å². The van der Waals surface area contributed by atoms with Crippen LogP contribution in [0.3, 0.4) is 0 Å². The smallest absolute Gasteiger partial charge is 0.433 e. The predicted octanol–water partition coefficient (Wildman–Crippen LogP) is 1.90. The zero-order valence-electron chi connectivity index (χ0n) is 14.3. The van der Waals surface area contributed by atoms with E-state index in [-0.39, 0.29) is 23.9 Å². The van der Waals surface area contributed by atoms with Crippen LogP contribution in [0.1, 0.15) is 17.1 Å². The molecule has 1 aliphatic heterocycles. The molecule has 0 spiro atoms. The lowest BCUT2D eigenvalue weighted by Crippen LogP contribution is -2.56. The summed E-state index contributed by atoms with van der Waals surface area (Å²) in [5.41, 5.74) is -0.138. The normalized spacial score (nSPS) is 16.5. The number of aromatic nitrogens is 3. The SMILES string of the molecule is Cc1nn(C)c(C)c1S(=O)(=O)N1CC(Oc2cccc(C(F)(F)F)n2)C1. The third-order valence-corrected chi connectivity index (χ3v) is 6.24. The molecule has 0 unspecified atom stereocenters. The number of alkyl halides is 3. The first-order chi connectivity index (χ1) is 12.0. The standard InChI is InChI=1S/C15H17F3N4O3S/c1-9-14(10(2)21(3)20-9)26(23,24)22-7-11(8-22)25-13-6-4-5-12(19-13)15(16,17)18/h4-6,11H,7-8H2,1-3H3. The van der Waals surface area contributed by atoms with Gasteiger partial charge in [-0.15, -0.1) is 0 Å². The maximum absolute atomic E-state index is 12.7. The van der Waals surface area contributed by atoms with Crippen molar-refractivity contribution in [1.82, 2.24) is 19.1 Å². The Bertz CT molecular complexity index is 934. The van der Waals surface area contributed by atoms with E-state index < -0.39 is 28.0 Å². The van der Waals surface area contributed by atoms with Gasteiger partial charge >= 0.3 is 6.18 Å². The number of ether oxygens (including phenoxy) is 1. The summed E-state index contributed by atoms with van der Waals surface area (Å²) in [6, 6.07) is 3.35. The molecule has 11 heteroatoms. The van der Waals surface area contributed by atoms with E-state index in [4.69, 9.17) is 4.74 Å². The molecule has 2 aromatic heterocycles. The third-order valence-electron chi connectivity index (χ3n) is 4.16. The highest BCUT2D eigenvalue weighted by Gasteiger charge is 2.41. The van der Waals surface area contributed by atoms with Gasteiger partial charge in [-0.25, -0.2) is 13.4 Å². The maximum Gasteiger partial charge on any atom is 0.433 e. The topological polar surface area (TPSA) is 77.3 Å². The summed E-state index contributed by atoms with van der Waals surface area (Å²) in [4.78, 5) is 3.56. The zero-order chi connectivity index (χ0) is 19.3. The Morgan fingerprint density at radius 3 is 2.42 bits per heavy atom. The monoisotopic (exact) mass is 390 g/mol. The van der Waals surface area contributed by atoms with E-state index in [0.717, 1.165) is 6.07 Å². The fraction of sp³-hybridized carbons (Fsp3) is 0.467. The number of aryl methyl sites for hydroxylation is 2. The zero-order valence-corrected chi connectivity index (χ0v) is 15.1. The van der Waals surface area contributed by atoms with Crippen molar-refractivity contribution in [3.8, 4) is 5.88 Å². The van der Waals surface area contributed by atoms with Gasteiger partial charge in [0.25, 0.3) is 0 Å². The van der Waals surface area contributed by atoms with Crippen molar-refractivity contribution in [1.29, 1.82) is 0 Å². The molecular weight excluding hydrogens is 373 g/mol. The van der Waals surface area contributed by atoms with E-state index in [9.17, 15) is 21.6 Å². The van der Waals surface area contributed by atoms with Crippen LogP contribution in [-0.2, 0) is 23.2 Å². The number of nitrogens with zero attached hydrogens (tertiary/aromatic N) is 4. The summed E-state index contributed by atoms with van der Waals surface area (Å²) in [5, 5.41) is 4.10. The van der Waals surface area contributed by atoms with Gasteiger partial charge in [0.2, 0.25) is 15.9 Å².